The first-order chi connectivity index (χ1) is 26.3. The van der Waals surface area contributed by atoms with Crippen molar-refractivity contribution < 1.29 is 33.0 Å². The molecule has 2 aromatic carbocycles. The van der Waals surface area contributed by atoms with E-state index in [0.29, 0.717) is 42.1 Å². The zero-order chi connectivity index (χ0) is 38.9. The second-order valence-electron chi connectivity index (χ2n) is 15.6. The first-order valence-corrected chi connectivity index (χ1v) is 21.6. The van der Waals surface area contributed by atoms with Crippen molar-refractivity contribution in [3.63, 3.8) is 0 Å². The fraction of sp³-hybridized carbons (Fsp3) is 0.439. The summed E-state index contributed by atoms with van der Waals surface area (Å²) in [5.41, 5.74) is 0.476. The van der Waals surface area contributed by atoms with Crippen LogP contribution in [0.3, 0.4) is 0 Å². The Morgan fingerprint density at radius 3 is 2.51 bits per heavy atom. The maximum absolute atomic E-state index is 14.5. The molecule has 3 amide bonds. The van der Waals surface area contributed by atoms with Gasteiger partial charge in [-0.2, -0.15) is 0 Å². The number of esters is 1. The van der Waals surface area contributed by atoms with Crippen molar-refractivity contribution in [1.29, 1.82) is 0 Å². The molecule has 12 nitrogen and oxygen atoms in total. The third-order valence-electron chi connectivity index (χ3n) is 10.5. The van der Waals surface area contributed by atoms with Gasteiger partial charge in [0.05, 0.1) is 17.1 Å². The number of benzene rings is 2. The zero-order valence-electron chi connectivity index (χ0n) is 31.6. The van der Waals surface area contributed by atoms with Gasteiger partial charge in [0, 0.05) is 42.1 Å². The SMILES string of the molecule is CC(C)OC(=O)C(C)(C)NP(=O)(Cc1ccc2sc(C(=O)N[C@H]3CCC[C@H]4CC[C@@H](C(=O)N5CC(c6cccnc6)C5)N4C3=O)cc2c1)Oc1ccccc1. The van der Waals surface area contributed by atoms with Crippen LogP contribution in [0.2, 0.25) is 0 Å². The number of likely N-dealkylation sites (tertiary alicyclic amines) is 1. The van der Waals surface area contributed by atoms with Gasteiger partial charge in [-0.05, 0) is 113 Å². The van der Waals surface area contributed by atoms with Gasteiger partial charge in [-0.3, -0.25) is 28.7 Å². The summed E-state index contributed by atoms with van der Waals surface area (Å²) >= 11 is 1.31. The number of rotatable bonds is 12. The van der Waals surface area contributed by atoms with Crippen molar-refractivity contribution >= 4 is 52.6 Å². The molecule has 14 heteroatoms. The lowest BCUT2D eigenvalue weighted by Crippen LogP contribution is -2.58. The van der Waals surface area contributed by atoms with Gasteiger partial charge in [-0.1, -0.05) is 30.3 Å². The Labute approximate surface area is 325 Å². The monoisotopic (exact) mass is 785 g/mol. The van der Waals surface area contributed by atoms with Crippen molar-refractivity contribution in [2.75, 3.05) is 13.1 Å². The molecule has 3 saturated heterocycles. The number of carbonyl (C=O) groups excluding carboxylic acids is 4. The molecule has 3 aliphatic heterocycles. The van der Waals surface area contributed by atoms with Gasteiger partial charge in [0.25, 0.3) is 5.91 Å². The highest BCUT2D eigenvalue weighted by atomic mass is 32.1. The Morgan fingerprint density at radius 1 is 1.00 bits per heavy atom. The van der Waals surface area contributed by atoms with E-state index in [-0.39, 0.29) is 41.9 Å². The molecule has 3 aliphatic rings. The van der Waals surface area contributed by atoms with Crippen molar-refractivity contribution in [2.45, 2.75) is 102 Å². The molecule has 1 unspecified atom stereocenters. The minimum absolute atomic E-state index is 0.00995. The Hall–Kier alpha value is -4.58. The highest BCUT2D eigenvalue weighted by Crippen LogP contribution is 2.49. The van der Waals surface area contributed by atoms with Gasteiger partial charge in [0.15, 0.2) is 0 Å². The van der Waals surface area contributed by atoms with E-state index >= 15 is 0 Å². The Morgan fingerprint density at radius 2 is 1.78 bits per heavy atom. The number of hydrogen-bond donors (Lipinski definition) is 2. The lowest BCUT2D eigenvalue weighted by molar-refractivity contribution is -0.153. The van der Waals surface area contributed by atoms with E-state index in [1.54, 1.807) is 69.1 Å². The molecule has 0 bridgehead atoms. The molecule has 7 rings (SSSR count). The average Bonchev–Trinajstić information content (AvgIpc) is 3.71. The van der Waals surface area contributed by atoms with Crippen molar-refractivity contribution in [3.05, 3.63) is 95.1 Å². The second-order valence-corrected chi connectivity index (χ2v) is 18.7. The predicted octanol–water partition coefficient (Wildman–Crippen LogP) is 6.66. The maximum atomic E-state index is 14.5. The first-order valence-electron chi connectivity index (χ1n) is 19.0. The number of hydrogen-bond acceptors (Lipinski definition) is 9. The van der Waals surface area contributed by atoms with E-state index in [1.165, 1.54) is 11.3 Å². The zero-order valence-corrected chi connectivity index (χ0v) is 33.3. The number of nitrogens with one attached hydrogen (secondary N) is 2. The number of ether oxygens (including phenoxy) is 1. The molecule has 0 saturated carbocycles. The van der Waals surface area contributed by atoms with Crippen LogP contribution in [0, 0.1) is 0 Å². The lowest BCUT2D eigenvalue weighted by Gasteiger charge is -2.42. The van der Waals surface area contributed by atoms with Gasteiger partial charge in [0.1, 0.15) is 23.4 Å². The molecule has 290 valence electrons. The number of thiophene rings is 1. The van der Waals surface area contributed by atoms with Crippen LogP contribution in [0.15, 0.2) is 79.1 Å². The summed E-state index contributed by atoms with van der Waals surface area (Å²) in [7, 11) is -3.75. The standard InChI is InChI=1S/C41H48N5O7PS/c1-26(2)52-40(50)41(3,4)44-54(51,53-32-12-6-5-7-13-32)25-27-15-18-35-29(20-27)21-36(55-35)37(47)43-33-14-8-11-31-16-17-34(46(31)38(33)48)39(49)45-23-30(24-45)28-10-9-19-42-22-28/h5-7,9-10,12-13,15,18-22,26,30-31,33-34H,8,11,14,16-17,23-25H2,1-4H3,(H,43,47)(H,44,51)/t31-,33-,34-,54?/m0/s1. The summed E-state index contributed by atoms with van der Waals surface area (Å²) in [5.74, 6) is -0.480. The van der Waals surface area contributed by atoms with Crippen LogP contribution in [-0.4, -0.2) is 81.3 Å². The predicted molar refractivity (Wildman–Crippen MR) is 211 cm³/mol. The summed E-state index contributed by atoms with van der Waals surface area (Å²) in [6, 6.07) is 18.8. The Bertz CT molecular complexity index is 2100. The van der Waals surface area contributed by atoms with Gasteiger partial charge in [0.2, 0.25) is 11.8 Å². The van der Waals surface area contributed by atoms with Crippen LogP contribution in [0.1, 0.15) is 86.5 Å². The number of amides is 3. The smallest absolute Gasteiger partial charge is 0.326 e. The number of para-hydroxylation sites is 1. The lowest BCUT2D eigenvalue weighted by atomic mass is 9.92. The van der Waals surface area contributed by atoms with E-state index in [0.717, 1.165) is 34.9 Å². The molecule has 55 heavy (non-hydrogen) atoms. The van der Waals surface area contributed by atoms with Crippen LogP contribution in [0.5, 0.6) is 5.75 Å². The number of aromatic nitrogens is 1. The first kappa shape index (κ1) is 38.7. The quantitative estimate of drug-likeness (QED) is 0.119. The van der Waals surface area contributed by atoms with Crippen LogP contribution in [-0.2, 0) is 29.8 Å². The molecule has 2 aromatic heterocycles. The van der Waals surface area contributed by atoms with Crippen LogP contribution in [0.25, 0.3) is 10.1 Å². The summed E-state index contributed by atoms with van der Waals surface area (Å²) in [6.45, 7) is 7.95. The number of pyridine rings is 1. The minimum Gasteiger partial charge on any atom is -0.462 e. The van der Waals surface area contributed by atoms with Crippen molar-refractivity contribution in [2.24, 2.45) is 0 Å². The molecule has 2 N–H and O–H groups in total. The highest BCUT2D eigenvalue weighted by molar-refractivity contribution is 7.56. The van der Waals surface area contributed by atoms with E-state index < -0.39 is 31.1 Å². The average molecular weight is 786 g/mol. The molecular weight excluding hydrogens is 738 g/mol. The van der Waals surface area contributed by atoms with Crippen LogP contribution in [0.4, 0.5) is 0 Å². The third kappa shape index (κ3) is 8.64. The van der Waals surface area contributed by atoms with Gasteiger partial charge >= 0.3 is 13.5 Å². The van der Waals surface area contributed by atoms with Gasteiger partial charge < -0.3 is 24.4 Å². The fourth-order valence-corrected chi connectivity index (χ4v) is 11.0. The number of nitrogens with zero attached hydrogens (tertiary/aromatic N) is 3. The molecule has 5 heterocycles. The summed E-state index contributed by atoms with van der Waals surface area (Å²) in [5, 5.41) is 6.76. The van der Waals surface area contributed by atoms with E-state index in [4.69, 9.17) is 9.26 Å². The molecule has 0 radical (unpaired) electrons. The molecule has 0 spiro atoms. The molecule has 4 atom stereocenters. The normalized spacial score (nSPS) is 21.4. The summed E-state index contributed by atoms with van der Waals surface area (Å²) in [4.78, 5) is 62.7. The third-order valence-corrected chi connectivity index (χ3v) is 13.8. The van der Waals surface area contributed by atoms with Crippen LogP contribution >= 0.6 is 18.9 Å². The molecular formula is C41H48N5O7PS. The second kappa shape index (κ2) is 15.9. The summed E-state index contributed by atoms with van der Waals surface area (Å²) < 4.78 is 26.8. The maximum Gasteiger partial charge on any atom is 0.326 e. The van der Waals surface area contributed by atoms with E-state index in [2.05, 4.69) is 15.4 Å². The van der Waals surface area contributed by atoms with E-state index in [1.807, 2.05) is 47.5 Å². The van der Waals surface area contributed by atoms with Gasteiger partial charge in [-0.15, -0.1) is 11.3 Å². The summed E-state index contributed by atoms with van der Waals surface area (Å²) in [6.07, 6.45) is 6.67. The molecule has 4 aromatic rings. The highest BCUT2D eigenvalue weighted by Gasteiger charge is 2.47. The van der Waals surface area contributed by atoms with Crippen molar-refractivity contribution in [1.82, 2.24) is 25.2 Å². The number of carbonyl (C=O) groups is 4. The number of fused-ring (bicyclic) bond motifs is 2. The largest absolute Gasteiger partial charge is 0.462 e. The van der Waals surface area contributed by atoms with Gasteiger partial charge in [-0.25, -0.2) is 5.09 Å². The Kier molecular flexibility index (Phi) is 11.2. The van der Waals surface area contributed by atoms with Crippen molar-refractivity contribution in [3.8, 4) is 5.75 Å². The van der Waals surface area contributed by atoms with E-state index in [9.17, 15) is 23.7 Å². The van der Waals surface area contributed by atoms with Crippen LogP contribution < -0.4 is 14.9 Å². The molecule has 0 aliphatic carbocycles. The molecule has 3 fully saturated rings. The fourth-order valence-electron chi connectivity index (χ4n) is 7.79. The minimum atomic E-state index is -3.75. The Balaban J connectivity index is 1.03. The topological polar surface area (TPSA) is 147 Å².